The van der Waals surface area contributed by atoms with Crippen LogP contribution in [0.2, 0.25) is 0 Å². The number of rotatable bonds is 43. The first-order valence-electron chi connectivity index (χ1n) is 45.7. The summed E-state index contributed by atoms with van der Waals surface area (Å²) < 4.78 is 20.6. The van der Waals surface area contributed by atoms with Crippen LogP contribution in [0, 0.1) is 11.8 Å². The van der Waals surface area contributed by atoms with E-state index in [4.69, 9.17) is 80.9 Å². The Bertz CT molecular complexity index is 3150. The topological polar surface area (TPSA) is 632 Å². The smallest absolute Gasteiger partial charge is 0.339 e. The van der Waals surface area contributed by atoms with Gasteiger partial charge in [0.2, 0.25) is 0 Å². The second-order valence-electron chi connectivity index (χ2n) is 39.0. The number of hydrogen-bond acceptors (Lipinski definition) is 27. The number of nitrogens with zero attached hydrogens (tertiary/aromatic N) is 6. The van der Waals surface area contributed by atoms with Gasteiger partial charge < -0.3 is 113 Å². The second-order valence-corrected chi connectivity index (χ2v) is 42.2. The summed E-state index contributed by atoms with van der Waals surface area (Å²) in [6.45, 7) is 73.6. The molecule has 133 heavy (non-hydrogen) atoms. The van der Waals surface area contributed by atoms with Crippen molar-refractivity contribution in [1.82, 2.24) is 66.6 Å². The number of likely N-dealkylation sites (N-methyl/N-ethyl adjacent to an activating group) is 5. The monoisotopic (exact) mass is 1970 g/mol. The zero-order valence-corrected chi connectivity index (χ0v) is 91.9. The van der Waals surface area contributed by atoms with Crippen molar-refractivity contribution in [2.24, 2.45) is 11.8 Å². The molecule has 0 bridgehead atoms. The molecule has 2 fully saturated rings. The van der Waals surface area contributed by atoms with Gasteiger partial charge in [0.05, 0.1) is 19.0 Å². The van der Waals surface area contributed by atoms with Gasteiger partial charge in [-0.3, -0.25) is 91.8 Å². The zero-order chi connectivity index (χ0) is 109. The van der Waals surface area contributed by atoms with Crippen molar-refractivity contribution in [1.29, 1.82) is 0 Å². The first-order chi connectivity index (χ1) is 59.4. The van der Waals surface area contributed by atoms with Crippen LogP contribution in [0.25, 0.3) is 0 Å². The van der Waals surface area contributed by atoms with Crippen molar-refractivity contribution in [3.63, 3.8) is 0 Å². The number of nitrogens with one attached hydrogen (secondary N) is 7. The average molecular weight is 1970 g/mol. The number of carboxylic acid groups (broad SMARTS) is 10. The molecule has 0 radical (unpaired) electrons. The lowest BCUT2D eigenvalue weighted by Crippen LogP contribution is -2.50. The number of carbonyl (C=O) groups is 10. The summed E-state index contributed by atoms with van der Waals surface area (Å²) in [6, 6.07) is 0.558. The van der Waals surface area contributed by atoms with Crippen molar-refractivity contribution in [2.75, 3.05) is 61.5 Å². The number of carboxylic acids is 10. The van der Waals surface area contributed by atoms with Gasteiger partial charge in [0.25, 0.3) is 0 Å². The van der Waals surface area contributed by atoms with Gasteiger partial charge in [0.1, 0.15) is 64.7 Å². The molecule has 0 spiro atoms. The Labute approximate surface area is 800 Å². The Morgan fingerprint density at radius 3 is 0.902 bits per heavy atom. The molecule has 0 aromatic heterocycles. The van der Waals surface area contributed by atoms with E-state index >= 15 is 0 Å². The Morgan fingerprint density at radius 1 is 0.406 bits per heavy atom. The van der Waals surface area contributed by atoms with E-state index in [9.17, 15) is 57.1 Å². The molecule has 0 amide bonds. The molecule has 800 valence electrons. The molecule has 0 aromatic carbocycles. The van der Waals surface area contributed by atoms with Crippen LogP contribution >= 0.6 is 15.2 Å². The summed E-state index contributed by atoms with van der Waals surface area (Å²) in [5.74, 6) is -7.52. The molecule has 2 saturated carbocycles. The summed E-state index contributed by atoms with van der Waals surface area (Å²) in [6.07, 6.45) is 3.14. The summed E-state index contributed by atoms with van der Waals surface area (Å²) in [5, 5.41) is 125. The van der Waals surface area contributed by atoms with E-state index in [-0.39, 0.29) is 128 Å². The SMILES string of the molecule is CC(C)C(C(=O)O)N(C)C(C)C.CC(C)N(C)C(C)(C)C(=O)O.CC(C)N(C)C(C)C(=O)O.CC(C)N(C)C(CO)C(=O)O.CC(C)N(C)C1(C(=O)O)CC1.CC(C)N(C)CP(=O)(O)O.CC(C)NC(C(=O)O)C(C)C.CC(C)NC(C)(C)C(=O)O.CC(C)NC(C)C(=O)O.CC(C)NC(C)C(C)O.CC(C)NC1(C(=O)O)CC1.CC(C)NCP(=O)(O)O.CCC(NC(C)C)C(=O)O. The van der Waals surface area contributed by atoms with Gasteiger partial charge in [0, 0.05) is 84.6 Å². The highest BCUT2D eigenvalue weighted by molar-refractivity contribution is 7.51. The lowest BCUT2D eigenvalue weighted by atomic mass is 10.0. The van der Waals surface area contributed by atoms with Crippen molar-refractivity contribution in [3.8, 4) is 0 Å². The summed E-state index contributed by atoms with van der Waals surface area (Å²) >= 11 is 0. The Kier molecular flexibility index (Phi) is 85.1. The largest absolute Gasteiger partial charge is 0.480 e. The number of aliphatic hydroxyl groups excluding tert-OH is 2. The molecule has 0 aromatic rings. The molecule has 23 N–H and O–H groups in total. The van der Waals surface area contributed by atoms with Crippen LogP contribution in [-0.4, -0.2) is 381 Å². The van der Waals surface area contributed by atoms with E-state index in [0.29, 0.717) is 18.5 Å². The maximum atomic E-state index is 10.8. The first kappa shape index (κ1) is 150. The predicted molar refractivity (Wildman–Crippen MR) is 530 cm³/mol. The fraction of sp³-hybridized carbons (Fsp3) is 0.889. The minimum Gasteiger partial charge on any atom is -0.480 e. The Hall–Kier alpha value is -5.60. The highest BCUT2D eigenvalue weighted by Crippen LogP contribution is 2.42. The van der Waals surface area contributed by atoms with Gasteiger partial charge >= 0.3 is 74.9 Å². The molecule has 8 atom stereocenters. The molecule has 43 heteroatoms. The fourth-order valence-corrected chi connectivity index (χ4v) is 11.8. The summed E-state index contributed by atoms with van der Waals surface area (Å²) in [5.41, 5.74) is -2.66. The summed E-state index contributed by atoms with van der Waals surface area (Å²) in [4.78, 5) is 150. The van der Waals surface area contributed by atoms with Gasteiger partial charge in [0.15, 0.2) is 0 Å². The van der Waals surface area contributed by atoms with E-state index in [2.05, 4.69) is 51.1 Å². The van der Waals surface area contributed by atoms with Crippen molar-refractivity contribution < 1.29 is 138 Å². The molecule has 0 heterocycles. The maximum Gasteiger partial charge on any atom is 0.339 e. The minimum atomic E-state index is -3.85. The lowest BCUT2D eigenvalue weighted by molar-refractivity contribution is -0.150. The molecular formula is C90H197N13O28P2. The normalized spacial score (nSPS) is 14.9. The Balaban J connectivity index is -0.000000135. The second kappa shape index (κ2) is 75.4. The van der Waals surface area contributed by atoms with Crippen LogP contribution < -0.4 is 37.2 Å². The number of aliphatic hydroxyl groups is 2. The third kappa shape index (κ3) is 83.1. The van der Waals surface area contributed by atoms with Crippen LogP contribution in [0.3, 0.4) is 0 Å². The maximum absolute atomic E-state index is 10.8. The molecule has 0 saturated heterocycles. The molecule has 41 nitrogen and oxygen atoms in total. The molecule has 8 unspecified atom stereocenters. The van der Waals surface area contributed by atoms with Crippen molar-refractivity contribution >= 4 is 74.9 Å². The van der Waals surface area contributed by atoms with Crippen LogP contribution in [-0.2, 0) is 57.1 Å². The molecule has 2 rings (SSSR count). The number of aliphatic carboxylic acids is 10. The molecular weight excluding hydrogens is 1770 g/mol. The quantitative estimate of drug-likeness (QED) is 0.0253. The van der Waals surface area contributed by atoms with E-state index in [1.807, 2.05) is 256 Å². The minimum absolute atomic E-state index is 0.123. The average Bonchev–Trinajstić information content (AvgIpc) is 1.66. The standard InChI is InChI=1S/C9H19NO2.C8H15NO2.2C8H17NO2.C7H15NO3.C7H13NO2.3C7H15NO2.C7H17NO.C6H13NO2.C5H14NO3P.C4H12NO3P/c1-6(2)8(9(11)12)10(5)7(3)4;1-6(2)9(3)8(4-5-8)7(10)11;1-6(2)9(5)8(3,4)7(10)11;1-5(2)7(8(10)11)9-6(3)4;1-5(2)8(3)6(4-9)7(10)11;1-5(2)8-7(3-4-7)6(9)10;1-5(2)8-7(3,4)6(9)10;1-5(2)8(4)6(3)7(9)10;1-4-6(7(9)10)8-5(2)3;1-5(2)8-6(3)7(4)9;1-4(2)7-5(3)6(8)9;1-5(2)6(3)4-10(7,8)9;1-4(2)5-3-9(6,7)8/h6-8H,1-5H3,(H,11,12);6H,4-5H2,1-3H3,(H,10,11);6H,1-5H3,(H,10,11);5-7,9H,1-4H3,(H,10,11);5-6,9H,4H2,1-3H3,(H,10,11);5,8H,3-4H2,1-2H3,(H,9,10);5,8H,1-4H3,(H,9,10);5-6H,1-4H3,(H,9,10);5-6,8H,4H2,1-3H3,(H,9,10);5-9H,1-4H3;4-5,7H,1-3H3,(H,8,9);5H,4H2,1-3H3,(H2,7,8,9);4-5H,3H2,1-2H3,(H2,6,7,8). The van der Waals surface area contributed by atoms with Crippen LogP contribution in [0.15, 0.2) is 0 Å². The van der Waals surface area contributed by atoms with E-state index in [1.165, 1.54) is 0 Å². The molecule has 0 aliphatic heterocycles. The third-order valence-electron chi connectivity index (χ3n) is 20.3. The van der Waals surface area contributed by atoms with Gasteiger partial charge in [-0.15, -0.1) is 0 Å². The lowest BCUT2D eigenvalue weighted by Gasteiger charge is -2.34. The van der Waals surface area contributed by atoms with Gasteiger partial charge in [-0.05, 0) is 252 Å². The van der Waals surface area contributed by atoms with Gasteiger partial charge in [-0.1, -0.05) is 104 Å². The first-order valence-corrected chi connectivity index (χ1v) is 49.3. The van der Waals surface area contributed by atoms with Gasteiger partial charge in [-0.2, -0.15) is 0 Å². The van der Waals surface area contributed by atoms with E-state index < -0.39 is 115 Å². The highest BCUT2D eigenvalue weighted by atomic mass is 31.2. The molecule has 2 aliphatic carbocycles. The number of hydrogen-bond donors (Lipinski definition) is 23. The van der Waals surface area contributed by atoms with Crippen molar-refractivity contribution in [3.05, 3.63) is 0 Å². The third-order valence-corrected chi connectivity index (χ3v) is 21.7. The van der Waals surface area contributed by atoms with E-state index in [0.717, 1.165) is 25.7 Å². The zero-order valence-electron chi connectivity index (χ0n) is 90.1. The van der Waals surface area contributed by atoms with Crippen LogP contribution in [0.5, 0.6) is 0 Å². The van der Waals surface area contributed by atoms with Crippen molar-refractivity contribution in [2.45, 2.75) is 451 Å². The highest BCUT2D eigenvalue weighted by Gasteiger charge is 2.54. The van der Waals surface area contributed by atoms with Crippen LogP contribution in [0.1, 0.15) is 302 Å². The molecule has 2 aliphatic rings. The summed E-state index contributed by atoms with van der Waals surface area (Å²) in [7, 11) is 3.04. The van der Waals surface area contributed by atoms with Gasteiger partial charge in [-0.25, -0.2) is 0 Å². The predicted octanol–water partition coefficient (Wildman–Crippen LogP) is 9.32. The fourth-order valence-electron chi connectivity index (χ4n) is 10.3. The van der Waals surface area contributed by atoms with Crippen LogP contribution in [0.4, 0.5) is 0 Å². The Morgan fingerprint density at radius 2 is 0.805 bits per heavy atom. The van der Waals surface area contributed by atoms with E-state index in [1.54, 1.807) is 72.4 Å².